The summed E-state index contributed by atoms with van der Waals surface area (Å²) in [5.41, 5.74) is 6.73. The molecule has 0 spiro atoms. The number of nitrogen functional groups attached to an aromatic ring is 1. The molecule has 1 heterocycles. The summed E-state index contributed by atoms with van der Waals surface area (Å²) in [5, 5.41) is 17.3. The lowest BCUT2D eigenvalue weighted by molar-refractivity contribution is -0.384. The molecule has 0 aliphatic rings. The lowest BCUT2D eigenvalue weighted by Gasteiger charge is -2.04. The number of aromatic amines is 1. The van der Waals surface area contributed by atoms with E-state index in [9.17, 15) is 10.1 Å². The number of anilines is 1. The third kappa shape index (κ3) is 1.89. The van der Waals surface area contributed by atoms with Crippen LogP contribution in [0, 0.1) is 10.1 Å². The molecule has 2 rings (SSSR count). The smallest absolute Gasteiger partial charge is 0.279 e. The Morgan fingerprint density at radius 3 is 2.82 bits per heavy atom. The summed E-state index contributed by atoms with van der Waals surface area (Å²) in [4.78, 5) is 10.4. The van der Waals surface area contributed by atoms with Crippen molar-refractivity contribution in [3.8, 4) is 17.0 Å². The molecule has 0 bridgehead atoms. The molecule has 2 aromatic rings. The second kappa shape index (κ2) is 4.12. The Balaban J connectivity index is 2.65. The first-order valence-corrected chi connectivity index (χ1v) is 4.75. The molecule has 3 N–H and O–H groups in total. The van der Waals surface area contributed by atoms with Crippen molar-refractivity contribution in [2.75, 3.05) is 12.8 Å². The highest BCUT2D eigenvalue weighted by molar-refractivity contribution is 5.79. The number of nitro groups is 1. The summed E-state index contributed by atoms with van der Waals surface area (Å²) in [7, 11) is 1.49. The van der Waals surface area contributed by atoms with Crippen LogP contribution in [0.1, 0.15) is 0 Å². The number of ether oxygens (including phenoxy) is 1. The third-order valence-corrected chi connectivity index (χ3v) is 2.34. The SMILES string of the molecule is COc1ccc([N+](=O)[O-])c(-c2[nH]ncc2N)c1. The second-order valence-electron chi connectivity index (χ2n) is 3.34. The lowest BCUT2D eigenvalue weighted by atomic mass is 10.1. The molecule has 0 amide bonds. The third-order valence-electron chi connectivity index (χ3n) is 2.34. The number of hydrogen-bond acceptors (Lipinski definition) is 5. The molecular weight excluding hydrogens is 224 g/mol. The molecule has 88 valence electrons. The van der Waals surface area contributed by atoms with Gasteiger partial charge in [0.05, 0.1) is 35.2 Å². The summed E-state index contributed by atoms with van der Waals surface area (Å²) in [6.45, 7) is 0. The fraction of sp³-hybridized carbons (Fsp3) is 0.100. The van der Waals surface area contributed by atoms with E-state index in [-0.39, 0.29) is 5.69 Å². The van der Waals surface area contributed by atoms with Gasteiger partial charge in [0.15, 0.2) is 0 Å². The summed E-state index contributed by atoms with van der Waals surface area (Å²) >= 11 is 0. The van der Waals surface area contributed by atoms with Crippen LogP contribution in [0.3, 0.4) is 0 Å². The Bertz CT molecular complexity index is 564. The molecule has 0 saturated carbocycles. The predicted octanol–water partition coefficient (Wildman–Crippen LogP) is 1.58. The van der Waals surface area contributed by atoms with Crippen LogP contribution in [0.15, 0.2) is 24.4 Å². The molecule has 1 aromatic carbocycles. The maximum atomic E-state index is 10.9. The van der Waals surface area contributed by atoms with Crippen molar-refractivity contribution in [1.82, 2.24) is 10.2 Å². The fourth-order valence-corrected chi connectivity index (χ4v) is 1.51. The van der Waals surface area contributed by atoms with E-state index >= 15 is 0 Å². The Morgan fingerprint density at radius 1 is 1.53 bits per heavy atom. The van der Waals surface area contributed by atoms with Crippen molar-refractivity contribution in [1.29, 1.82) is 0 Å². The maximum absolute atomic E-state index is 10.9. The van der Waals surface area contributed by atoms with Gasteiger partial charge in [0.2, 0.25) is 0 Å². The molecule has 0 fully saturated rings. The number of nitrogens with two attached hydrogens (primary N) is 1. The van der Waals surface area contributed by atoms with Gasteiger partial charge in [0, 0.05) is 6.07 Å². The monoisotopic (exact) mass is 234 g/mol. The number of nitrogens with one attached hydrogen (secondary N) is 1. The van der Waals surface area contributed by atoms with Crippen LogP contribution >= 0.6 is 0 Å². The minimum Gasteiger partial charge on any atom is -0.497 e. The van der Waals surface area contributed by atoms with Gasteiger partial charge in [0.1, 0.15) is 5.75 Å². The summed E-state index contributed by atoms with van der Waals surface area (Å²) in [6, 6.07) is 4.44. The first-order valence-electron chi connectivity index (χ1n) is 4.75. The number of nitrogens with zero attached hydrogens (tertiary/aromatic N) is 2. The number of rotatable bonds is 3. The van der Waals surface area contributed by atoms with Crippen molar-refractivity contribution in [2.24, 2.45) is 0 Å². The van der Waals surface area contributed by atoms with Crippen molar-refractivity contribution in [3.05, 3.63) is 34.5 Å². The van der Waals surface area contributed by atoms with E-state index in [0.717, 1.165) is 0 Å². The van der Waals surface area contributed by atoms with E-state index in [4.69, 9.17) is 10.5 Å². The molecule has 0 unspecified atom stereocenters. The predicted molar refractivity (Wildman–Crippen MR) is 61.6 cm³/mol. The van der Waals surface area contributed by atoms with E-state index in [2.05, 4.69) is 10.2 Å². The summed E-state index contributed by atoms with van der Waals surface area (Å²) < 4.78 is 5.03. The van der Waals surface area contributed by atoms with E-state index in [1.807, 2.05) is 0 Å². The van der Waals surface area contributed by atoms with Gasteiger partial charge in [-0.2, -0.15) is 5.10 Å². The standard InChI is InChI=1S/C10H10N4O3/c1-17-6-2-3-9(14(15)16)7(4-6)10-8(11)5-12-13-10/h2-5H,11H2,1H3,(H,12,13). The molecule has 7 heteroatoms. The average Bonchev–Trinajstić information content (AvgIpc) is 2.74. The molecule has 1 aromatic heterocycles. The quantitative estimate of drug-likeness (QED) is 0.619. The van der Waals surface area contributed by atoms with Gasteiger partial charge in [-0.1, -0.05) is 0 Å². The van der Waals surface area contributed by atoms with Crippen molar-refractivity contribution >= 4 is 11.4 Å². The highest BCUT2D eigenvalue weighted by Crippen LogP contribution is 2.34. The zero-order valence-electron chi connectivity index (χ0n) is 9.01. The van der Waals surface area contributed by atoms with E-state index < -0.39 is 4.92 Å². The van der Waals surface area contributed by atoms with Crippen molar-refractivity contribution < 1.29 is 9.66 Å². The second-order valence-corrected chi connectivity index (χ2v) is 3.34. The minimum absolute atomic E-state index is 0.0539. The normalized spacial score (nSPS) is 10.2. The van der Waals surface area contributed by atoms with Crippen molar-refractivity contribution in [2.45, 2.75) is 0 Å². The number of aromatic nitrogens is 2. The fourth-order valence-electron chi connectivity index (χ4n) is 1.51. The van der Waals surface area contributed by atoms with Gasteiger partial charge in [-0.05, 0) is 12.1 Å². The Labute approximate surface area is 96.4 Å². The van der Waals surface area contributed by atoms with E-state index in [0.29, 0.717) is 22.7 Å². The topological polar surface area (TPSA) is 107 Å². The van der Waals surface area contributed by atoms with Gasteiger partial charge in [-0.15, -0.1) is 0 Å². The zero-order valence-corrected chi connectivity index (χ0v) is 9.01. The molecule has 0 aliphatic heterocycles. The average molecular weight is 234 g/mol. The molecule has 0 saturated heterocycles. The molecule has 0 atom stereocenters. The molecule has 17 heavy (non-hydrogen) atoms. The molecule has 7 nitrogen and oxygen atoms in total. The van der Waals surface area contributed by atoms with Crippen LogP contribution in [-0.2, 0) is 0 Å². The van der Waals surface area contributed by atoms with Crippen molar-refractivity contribution in [3.63, 3.8) is 0 Å². The van der Waals surface area contributed by atoms with Crippen LogP contribution < -0.4 is 10.5 Å². The number of methoxy groups -OCH3 is 1. The van der Waals surface area contributed by atoms with E-state index in [1.54, 1.807) is 6.07 Å². The number of hydrogen-bond donors (Lipinski definition) is 2. The van der Waals surface area contributed by atoms with Gasteiger partial charge in [0.25, 0.3) is 5.69 Å². The van der Waals surface area contributed by atoms with Gasteiger partial charge < -0.3 is 10.5 Å². The lowest BCUT2D eigenvalue weighted by Crippen LogP contribution is -1.95. The van der Waals surface area contributed by atoms with E-state index in [1.165, 1.54) is 25.4 Å². The minimum atomic E-state index is -0.477. The zero-order chi connectivity index (χ0) is 12.4. The van der Waals surface area contributed by atoms with Crippen LogP contribution in [0.25, 0.3) is 11.3 Å². The number of benzene rings is 1. The Hall–Kier alpha value is -2.57. The van der Waals surface area contributed by atoms with Crippen LogP contribution in [0.2, 0.25) is 0 Å². The van der Waals surface area contributed by atoms with Gasteiger partial charge in [-0.3, -0.25) is 15.2 Å². The Kier molecular flexibility index (Phi) is 2.65. The largest absolute Gasteiger partial charge is 0.497 e. The number of nitro benzene ring substituents is 1. The van der Waals surface area contributed by atoms with Crippen LogP contribution in [0.4, 0.5) is 11.4 Å². The number of H-pyrrole nitrogens is 1. The summed E-state index contributed by atoms with van der Waals surface area (Å²) in [6.07, 6.45) is 1.40. The first-order chi connectivity index (χ1) is 8.13. The summed E-state index contributed by atoms with van der Waals surface area (Å²) in [5.74, 6) is 0.514. The highest BCUT2D eigenvalue weighted by Gasteiger charge is 2.19. The molecular formula is C10H10N4O3. The van der Waals surface area contributed by atoms with Crippen LogP contribution in [0.5, 0.6) is 5.75 Å². The van der Waals surface area contributed by atoms with Gasteiger partial charge >= 0.3 is 0 Å². The molecule has 0 radical (unpaired) electrons. The van der Waals surface area contributed by atoms with Gasteiger partial charge in [-0.25, -0.2) is 0 Å². The van der Waals surface area contributed by atoms with Crippen LogP contribution in [-0.4, -0.2) is 22.2 Å². The maximum Gasteiger partial charge on any atom is 0.279 e. The first kappa shape index (κ1) is 10.9. The Morgan fingerprint density at radius 2 is 2.29 bits per heavy atom. The highest BCUT2D eigenvalue weighted by atomic mass is 16.6. The molecule has 0 aliphatic carbocycles.